The van der Waals surface area contributed by atoms with Crippen LogP contribution < -0.4 is 5.32 Å². The van der Waals surface area contributed by atoms with Gasteiger partial charge in [-0.2, -0.15) is 0 Å². The van der Waals surface area contributed by atoms with Gasteiger partial charge in [-0.15, -0.1) is 0 Å². The van der Waals surface area contributed by atoms with Gasteiger partial charge in [0.25, 0.3) is 0 Å². The van der Waals surface area contributed by atoms with Crippen molar-refractivity contribution in [3.05, 3.63) is 30.1 Å². The zero-order valence-electron chi connectivity index (χ0n) is 12.1. The Kier molecular flexibility index (Phi) is 6.48. The third-order valence-electron chi connectivity index (χ3n) is 2.96. The van der Waals surface area contributed by atoms with Crippen LogP contribution in [0.15, 0.2) is 29.2 Å². The summed E-state index contributed by atoms with van der Waals surface area (Å²) in [6.07, 6.45) is 0.209. The number of carboxylic acid groups (broad SMARTS) is 1. The summed E-state index contributed by atoms with van der Waals surface area (Å²) in [5.41, 5.74) is 0. The number of sulfone groups is 1. The second-order valence-electron chi connectivity index (χ2n) is 4.92. The Hall–Kier alpha value is -1.96. The van der Waals surface area contributed by atoms with E-state index in [1.165, 1.54) is 6.92 Å². The molecule has 0 radical (unpaired) electrons. The number of benzene rings is 1. The summed E-state index contributed by atoms with van der Waals surface area (Å²) in [4.78, 5) is 22.1. The molecule has 1 amide bonds. The van der Waals surface area contributed by atoms with Crippen molar-refractivity contribution < 1.29 is 27.5 Å². The predicted octanol–water partition coefficient (Wildman–Crippen LogP) is 1.22. The number of amides is 1. The van der Waals surface area contributed by atoms with Gasteiger partial charge in [0.1, 0.15) is 5.82 Å². The average Bonchev–Trinajstić information content (AvgIpc) is 2.43. The maximum absolute atomic E-state index is 12.8. The zero-order valence-corrected chi connectivity index (χ0v) is 12.9. The summed E-state index contributed by atoms with van der Waals surface area (Å²) in [6.45, 7) is 1.64. The highest BCUT2D eigenvalue weighted by Crippen LogP contribution is 2.15. The summed E-state index contributed by atoms with van der Waals surface area (Å²) in [5.74, 6) is -3.15. The molecule has 1 unspecified atom stereocenters. The second kappa shape index (κ2) is 7.88. The van der Waals surface area contributed by atoms with Gasteiger partial charge in [0, 0.05) is 18.9 Å². The van der Waals surface area contributed by atoms with Crippen molar-refractivity contribution in [2.75, 3.05) is 12.3 Å². The number of carbonyl (C=O) groups excluding carboxylic acids is 1. The molecule has 1 rings (SSSR count). The number of carboxylic acids is 1. The number of rotatable bonds is 8. The van der Waals surface area contributed by atoms with Crippen LogP contribution in [0.1, 0.15) is 19.8 Å². The molecule has 0 heterocycles. The fourth-order valence-corrected chi connectivity index (χ4v) is 3.32. The molecule has 8 heteroatoms. The molecule has 0 saturated heterocycles. The molecule has 0 aliphatic heterocycles. The molecule has 122 valence electrons. The fraction of sp³-hybridized carbons (Fsp3) is 0.429. The first kappa shape index (κ1) is 18.1. The van der Waals surface area contributed by atoms with E-state index in [0.29, 0.717) is 0 Å². The van der Waals surface area contributed by atoms with Gasteiger partial charge in [-0.1, -0.05) is 6.92 Å². The summed E-state index contributed by atoms with van der Waals surface area (Å²) in [6, 6.07) is 4.40. The van der Waals surface area contributed by atoms with Crippen molar-refractivity contribution in [3.8, 4) is 0 Å². The van der Waals surface area contributed by atoms with Crippen molar-refractivity contribution in [1.29, 1.82) is 0 Å². The Morgan fingerprint density at radius 3 is 2.41 bits per heavy atom. The lowest BCUT2D eigenvalue weighted by atomic mass is 10.2. The molecule has 0 bridgehead atoms. The Balaban J connectivity index is 2.55. The van der Waals surface area contributed by atoms with Crippen molar-refractivity contribution in [2.45, 2.75) is 24.7 Å². The maximum atomic E-state index is 12.8. The van der Waals surface area contributed by atoms with Crippen LogP contribution in [0, 0.1) is 11.7 Å². The van der Waals surface area contributed by atoms with Crippen LogP contribution in [0.2, 0.25) is 0 Å². The Morgan fingerprint density at radius 1 is 1.27 bits per heavy atom. The van der Waals surface area contributed by atoms with Crippen LogP contribution in [0.5, 0.6) is 0 Å². The molecule has 6 nitrogen and oxygen atoms in total. The summed E-state index contributed by atoms with van der Waals surface area (Å²) >= 11 is 0. The van der Waals surface area contributed by atoms with E-state index >= 15 is 0 Å². The van der Waals surface area contributed by atoms with Gasteiger partial charge in [-0.05, 0) is 30.7 Å². The van der Waals surface area contributed by atoms with Gasteiger partial charge in [-0.25, -0.2) is 12.8 Å². The van der Waals surface area contributed by atoms with Gasteiger partial charge in [-0.3, -0.25) is 9.59 Å². The van der Waals surface area contributed by atoms with Gasteiger partial charge >= 0.3 is 5.97 Å². The minimum Gasteiger partial charge on any atom is -0.481 e. The molecule has 0 aliphatic carbocycles. The minimum absolute atomic E-state index is 0.0422. The summed E-state index contributed by atoms with van der Waals surface area (Å²) in [7, 11) is -3.69. The number of nitrogens with one attached hydrogen (secondary N) is 1. The highest BCUT2D eigenvalue weighted by Gasteiger charge is 2.23. The third-order valence-corrected chi connectivity index (χ3v) is 4.89. The van der Waals surface area contributed by atoms with E-state index in [1.807, 2.05) is 0 Å². The normalized spacial score (nSPS) is 12.6. The maximum Gasteiger partial charge on any atom is 0.303 e. The van der Waals surface area contributed by atoms with Gasteiger partial charge in [0.2, 0.25) is 5.91 Å². The van der Waals surface area contributed by atoms with Gasteiger partial charge in [0.15, 0.2) is 9.84 Å². The lowest BCUT2D eigenvalue weighted by Gasteiger charge is -2.12. The molecule has 1 atom stereocenters. The molecule has 1 aromatic carbocycles. The summed E-state index contributed by atoms with van der Waals surface area (Å²) < 4.78 is 37.0. The van der Waals surface area contributed by atoms with E-state index in [0.717, 1.165) is 24.3 Å². The SMILES string of the molecule is CC(CS(=O)(=O)c1ccc(F)cc1)C(=O)NCCCC(=O)O. The minimum atomic E-state index is -3.69. The van der Waals surface area contributed by atoms with Crippen molar-refractivity contribution in [2.24, 2.45) is 5.92 Å². The lowest BCUT2D eigenvalue weighted by Crippen LogP contribution is -2.33. The average molecular weight is 331 g/mol. The molecule has 0 saturated carbocycles. The highest BCUT2D eigenvalue weighted by atomic mass is 32.2. The smallest absolute Gasteiger partial charge is 0.303 e. The van der Waals surface area contributed by atoms with E-state index < -0.39 is 39.2 Å². The van der Waals surface area contributed by atoms with E-state index in [4.69, 9.17) is 5.11 Å². The lowest BCUT2D eigenvalue weighted by molar-refractivity contribution is -0.137. The van der Waals surface area contributed by atoms with Crippen molar-refractivity contribution >= 4 is 21.7 Å². The van der Waals surface area contributed by atoms with Crippen molar-refractivity contribution in [1.82, 2.24) is 5.32 Å². The van der Waals surface area contributed by atoms with E-state index in [1.54, 1.807) is 0 Å². The highest BCUT2D eigenvalue weighted by molar-refractivity contribution is 7.91. The zero-order chi connectivity index (χ0) is 16.8. The number of halogens is 1. The van der Waals surface area contributed by atoms with Crippen LogP contribution in [0.4, 0.5) is 4.39 Å². The van der Waals surface area contributed by atoms with Crippen LogP contribution in [-0.2, 0) is 19.4 Å². The second-order valence-corrected chi connectivity index (χ2v) is 6.96. The molecule has 0 aliphatic rings. The van der Waals surface area contributed by atoms with Crippen LogP contribution >= 0.6 is 0 Å². The first-order valence-corrected chi connectivity index (χ1v) is 8.35. The molecular formula is C14H18FNO5S. The quantitative estimate of drug-likeness (QED) is 0.551. The van der Waals surface area contributed by atoms with Crippen LogP contribution in [0.3, 0.4) is 0 Å². The van der Waals surface area contributed by atoms with E-state index in [-0.39, 0.29) is 24.3 Å². The monoisotopic (exact) mass is 331 g/mol. The Morgan fingerprint density at radius 2 is 1.86 bits per heavy atom. The number of aliphatic carboxylic acids is 1. The van der Waals surface area contributed by atoms with E-state index in [2.05, 4.69) is 5.32 Å². The van der Waals surface area contributed by atoms with E-state index in [9.17, 15) is 22.4 Å². The topological polar surface area (TPSA) is 101 Å². The molecule has 0 spiro atoms. The number of hydrogen-bond acceptors (Lipinski definition) is 4. The van der Waals surface area contributed by atoms with Gasteiger partial charge in [0.05, 0.1) is 10.6 Å². The van der Waals surface area contributed by atoms with Crippen LogP contribution in [-0.4, -0.2) is 37.7 Å². The summed E-state index contributed by atoms with van der Waals surface area (Å²) in [5, 5.41) is 11.0. The molecule has 0 fully saturated rings. The molecular weight excluding hydrogens is 313 g/mol. The third kappa shape index (κ3) is 5.80. The van der Waals surface area contributed by atoms with Crippen molar-refractivity contribution in [3.63, 3.8) is 0 Å². The van der Waals surface area contributed by atoms with Crippen LogP contribution in [0.25, 0.3) is 0 Å². The molecule has 2 N–H and O–H groups in total. The standard InChI is InChI=1S/C14H18FNO5S/c1-10(14(19)16-8-2-3-13(17)18)9-22(20,21)12-6-4-11(15)5-7-12/h4-7,10H,2-3,8-9H2,1H3,(H,16,19)(H,17,18). The first-order chi connectivity index (χ1) is 10.2. The molecule has 1 aromatic rings. The number of carbonyl (C=O) groups is 2. The largest absolute Gasteiger partial charge is 0.481 e. The molecule has 22 heavy (non-hydrogen) atoms. The number of hydrogen-bond donors (Lipinski definition) is 2. The first-order valence-electron chi connectivity index (χ1n) is 6.70. The molecule has 0 aromatic heterocycles. The predicted molar refractivity (Wildman–Crippen MR) is 77.5 cm³/mol. The van der Waals surface area contributed by atoms with Gasteiger partial charge < -0.3 is 10.4 Å². The Bertz CT molecular complexity index is 627. The Labute approximate surface area is 128 Å². The fourth-order valence-electron chi connectivity index (χ4n) is 1.77.